The van der Waals surface area contributed by atoms with Crippen molar-refractivity contribution in [2.75, 3.05) is 27.3 Å². The van der Waals surface area contributed by atoms with Gasteiger partial charge < -0.3 is 25.6 Å². The average molecular weight is 661 g/mol. The highest BCUT2D eigenvalue weighted by Gasteiger charge is 2.57. The summed E-state index contributed by atoms with van der Waals surface area (Å²) in [4.78, 5) is 32.4. The van der Waals surface area contributed by atoms with E-state index in [2.05, 4.69) is 53.9 Å². The number of hydroxylamine groups is 2. The molecule has 4 fully saturated rings. The second kappa shape index (κ2) is 13.6. The van der Waals surface area contributed by atoms with Crippen LogP contribution in [0.15, 0.2) is 53.2 Å². The minimum Gasteiger partial charge on any atom is -0.496 e. The van der Waals surface area contributed by atoms with Crippen LogP contribution in [0.2, 0.25) is 0 Å². The second-order valence-electron chi connectivity index (χ2n) is 12.7. The zero-order chi connectivity index (χ0) is 31.6. The zero-order valence-corrected chi connectivity index (χ0v) is 27.6. The fourth-order valence-corrected chi connectivity index (χ4v) is 7.93. The van der Waals surface area contributed by atoms with Crippen LogP contribution in [0.4, 0.5) is 0 Å². The zero-order valence-electron chi connectivity index (χ0n) is 26.0. The molecule has 1 aromatic carbocycles. The number of carbonyl (C=O) groups excluding carboxylic acids is 2. The third-order valence-corrected chi connectivity index (χ3v) is 10.4. The van der Waals surface area contributed by atoms with Gasteiger partial charge in [0.25, 0.3) is 5.91 Å². The van der Waals surface area contributed by atoms with Crippen LogP contribution in [0, 0.1) is 29.1 Å². The van der Waals surface area contributed by atoms with Crippen LogP contribution >= 0.6 is 15.9 Å². The molecule has 0 spiro atoms. The van der Waals surface area contributed by atoms with Crippen molar-refractivity contribution in [2.24, 2.45) is 29.1 Å². The lowest BCUT2D eigenvalue weighted by atomic mass is 9.45. The molecule has 0 aromatic heterocycles. The molecular formula is C33H46BrN3O6. The molecule has 2 bridgehead atoms. The Morgan fingerprint density at radius 3 is 2.53 bits per heavy atom. The molecule has 1 saturated heterocycles. The molecular weight excluding hydrogens is 614 g/mol. The number of ether oxygens (including phenoxy) is 1. The first-order valence-electron chi connectivity index (χ1n) is 15.0. The molecule has 2 amide bonds. The van der Waals surface area contributed by atoms with E-state index in [0.717, 1.165) is 16.5 Å². The highest BCUT2D eigenvalue weighted by atomic mass is 79.9. The fraction of sp³-hybridized carbons (Fsp3) is 0.576. The van der Waals surface area contributed by atoms with E-state index in [9.17, 15) is 19.8 Å². The van der Waals surface area contributed by atoms with E-state index in [4.69, 9.17) is 9.57 Å². The summed E-state index contributed by atoms with van der Waals surface area (Å²) in [6.45, 7) is 12.1. The van der Waals surface area contributed by atoms with E-state index >= 15 is 0 Å². The number of hydrogen-bond donors (Lipinski definition) is 4. The molecule has 43 heavy (non-hydrogen) atoms. The van der Waals surface area contributed by atoms with Crippen LogP contribution in [0.25, 0.3) is 5.57 Å². The third kappa shape index (κ3) is 6.63. The van der Waals surface area contributed by atoms with E-state index in [-0.39, 0.29) is 31.0 Å². The van der Waals surface area contributed by atoms with Crippen LogP contribution < -0.4 is 10.6 Å². The lowest BCUT2D eigenvalue weighted by molar-refractivity contribution is -0.172. The molecule has 3 aliphatic carbocycles. The largest absolute Gasteiger partial charge is 0.496 e. The Morgan fingerprint density at radius 2 is 1.98 bits per heavy atom. The van der Waals surface area contributed by atoms with Gasteiger partial charge in [0.1, 0.15) is 17.9 Å². The van der Waals surface area contributed by atoms with Gasteiger partial charge in [-0.3, -0.25) is 14.4 Å². The van der Waals surface area contributed by atoms with Gasteiger partial charge >= 0.3 is 0 Å². The summed E-state index contributed by atoms with van der Waals surface area (Å²) < 4.78 is 6.51. The number of halogens is 1. The summed E-state index contributed by atoms with van der Waals surface area (Å²) in [5.74, 6) is 0.899. The predicted octanol–water partition coefficient (Wildman–Crippen LogP) is 4.07. The standard InChI is InChI=1S/C33H46BrN3O6/c1-8-9-24(20-12-21(31(40)35-6)14-23(34)13-20)27(42-7)10-11-37-30(29(19(3)39)28(17-38)43-37)32(41)36-26-16-22-15-25(18(26)2)33(22,4)5/h8-10,12-14,18-19,22,25-26,28-30,38-39H,1,11,15-17H2,2-7H3,(H,35,40)(H,36,41)/t18-,19-,22+,25-,26-,28-,29-,30-/m0/s1. The van der Waals surface area contributed by atoms with Crippen LogP contribution in [-0.2, 0) is 14.4 Å². The first kappa shape index (κ1) is 33.4. The molecule has 4 aliphatic rings. The number of nitrogens with one attached hydrogen (secondary N) is 2. The Kier molecular flexibility index (Phi) is 10.6. The third-order valence-electron chi connectivity index (χ3n) is 9.99. The van der Waals surface area contributed by atoms with Gasteiger partial charge in [-0.2, -0.15) is 5.06 Å². The first-order valence-corrected chi connectivity index (χ1v) is 15.8. The van der Waals surface area contributed by atoms with E-state index in [1.165, 1.54) is 11.5 Å². The molecule has 0 radical (unpaired) electrons. The number of methoxy groups -OCH3 is 1. The molecule has 5 rings (SSSR count). The van der Waals surface area contributed by atoms with E-state index in [1.807, 2.05) is 6.07 Å². The number of fused-ring (bicyclic) bond motifs is 2. The number of allylic oxidation sites excluding steroid dienone is 3. The molecule has 9 nitrogen and oxygen atoms in total. The van der Waals surface area contributed by atoms with Crippen molar-refractivity contribution in [3.63, 3.8) is 0 Å². The number of benzene rings is 1. The summed E-state index contributed by atoms with van der Waals surface area (Å²) in [6, 6.07) is 4.60. The monoisotopic (exact) mass is 659 g/mol. The Morgan fingerprint density at radius 1 is 1.28 bits per heavy atom. The van der Waals surface area contributed by atoms with Crippen molar-refractivity contribution in [1.29, 1.82) is 0 Å². The molecule has 1 aromatic rings. The van der Waals surface area contributed by atoms with E-state index in [1.54, 1.807) is 51.4 Å². The maximum Gasteiger partial charge on any atom is 0.251 e. The summed E-state index contributed by atoms with van der Waals surface area (Å²) >= 11 is 3.50. The van der Waals surface area contributed by atoms with Gasteiger partial charge in [0, 0.05) is 41.2 Å². The van der Waals surface area contributed by atoms with Crippen molar-refractivity contribution in [1.82, 2.24) is 15.7 Å². The van der Waals surface area contributed by atoms with Crippen molar-refractivity contribution in [3.8, 4) is 0 Å². The van der Waals surface area contributed by atoms with Gasteiger partial charge in [-0.05, 0) is 72.8 Å². The first-order chi connectivity index (χ1) is 20.4. The number of aliphatic hydroxyl groups excluding tert-OH is 2. The molecule has 1 heterocycles. The molecule has 10 heteroatoms. The molecule has 236 valence electrons. The van der Waals surface area contributed by atoms with Gasteiger partial charge in [0.2, 0.25) is 5.91 Å². The van der Waals surface area contributed by atoms with Gasteiger partial charge in [-0.15, -0.1) is 0 Å². The number of hydrogen-bond acceptors (Lipinski definition) is 7. The Bertz CT molecular complexity index is 1280. The minimum absolute atomic E-state index is 0.0483. The highest BCUT2D eigenvalue weighted by Crippen LogP contribution is 2.61. The SMILES string of the molecule is C=CC=C(C(=CCN1O[C@@H](CO)[C@H]([C@H](C)O)[C@H]1C(=O)N[C@H]1C[C@H]2C[C@@H]([C@@H]1C)C2(C)C)OC)c1cc(Br)cc(C(=O)NC)c1. The minimum atomic E-state index is -0.888. The van der Waals surface area contributed by atoms with Crippen LogP contribution in [-0.4, -0.2) is 78.7 Å². The molecule has 3 saturated carbocycles. The Hall–Kier alpha value is -2.50. The van der Waals surface area contributed by atoms with E-state index in [0.29, 0.717) is 40.1 Å². The van der Waals surface area contributed by atoms with Gasteiger partial charge in [-0.1, -0.05) is 55.4 Å². The summed E-state index contributed by atoms with van der Waals surface area (Å²) in [6.07, 6.45) is 5.71. The van der Waals surface area contributed by atoms with Gasteiger partial charge in [0.15, 0.2) is 0 Å². The number of nitrogens with zero attached hydrogens (tertiary/aromatic N) is 1. The topological polar surface area (TPSA) is 120 Å². The second-order valence-corrected chi connectivity index (χ2v) is 13.6. The highest BCUT2D eigenvalue weighted by molar-refractivity contribution is 9.10. The Labute approximate surface area is 263 Å². The van der Waals surface area contributed by atoms with Gasteiger partial charge in [-0.25, -0.2) is 0 Å². The molecule has 0 unspecified atom stereocenters. The lowest BCUT2D eigenvalue weighted by Gasteiger charge is -2.62. The van der Waals surface area contributed by atoms with Crippen LogP contribution in [0.5, 0.6) is 0 Å². The smallest absolute Gasteiger partial charge is 0.251 e. The lowest BCUT2D eigenvalue weighted by Crippen LogP contribution is -2.62. The maximum absolute atomic E-state index is 13.9. The van der Waals surface area contributed by atoms with Crippen LogP contribution in [0.3, 0.4) is 0 Å². The number of amides is 2. The summed E-state index contributed by atoms with van der Waals surface area (Å²) in [7, 11) is 3.12. The van der Waals surface area contributed by atoms with Gasteiger partial charge in [0.05, 0.1) is 19.8 Å². The number of aliphatic hydroxyl groups is 2. The summed E-state index contributed by atoms with van der Waals surface area (Å²) in [5.41, 5.74) is 2.16. The van der Waals surface area contributed by atoms with Crippen molar-refractivity contribution in [2.45, 2.75) is 64.8 Å². The fourth-order valence-electron chi connectivity index (χ4n) is 7.44. The molecule has 8 atom stereocenters. The number of carbonyl (C=O) groups is 2. The molecule has 1 aliphatic heterocycles. The summed E-state index contributed by atoms with van der Waals surface area (Å²) in [5, 5.41) is 28.3. The van der Waals surface area contributed by atoms with E-state index < -0.39 is 24.2 Å². The number of rotatable bonds is 11. The normalized spacial score (nSPS) is 31.1. The van der Waals surface area contributed by atoms with Crippen LogP contribution in [0.1, 0.15) is 56.5 Å². The van der Waals surface area contributed by atoms with Crippen molar-refractivity contribution < 1.29 is 29.4 Å². The average Bonchev–Trinajstić information content (AvgIpc) is 3.35. The quantitative estimate of drug-likeness (QED) is 0.209. The predicted molar refractivity (Wildman–Crippen MR) is 170 cm³/mol. The van der Waals surface area contributed by atoms with Crippen molar-refractivity contribution in [3.05, 3.63) is 64.4 Å². The van der Waals surface area contributed by atoms with Crippen molar-refractivity contribution >= 4 is 33.3 Å². The Balaban J connectivity index is 1.61. The maximum atomic E-state index is 13.9. The molecule has 4 N–H and O–H groups in total.